The maximum Gasteiger partial charge on any atom is 0.169 e. The van der Waals surface area contributed by atoms with Crippen LogP contribution in [0, 0.1) is 0 Å². The first-order valence-electron chi connectivity index (χ1n) is 6.18. The van der Waals surface area contributed by atoms with Gasteiger partial charge in [0.1, 0.15) is 11.8 Å². The lowest BCUT2D eigenvalue weighted by molar-refractivity contribution is 0.439. The molecule has 1 N–H and O–H groups in total. The van der Waals surface area contributed by atoms with E-state index in [1.807, 2.05) is 49.5 Å². The average molecular weight is 333 g/mol. The minimum atomic E-state index is -0.114. The van der Waals surface area contributed by atoms with Crippen molar-refractivity contribution in [3.05, 3.63) is 64.8 Å². The number of benzene rings is 1. The molecule has 3 rings (SSSR count). The van der Waals surface area contributed by atoms with Gasteiger partial charge in [-0.3, -0.25) is 0 Å². The quantitative estimate of drug-likeness (QED) is 0.798. The number of hydrogen-bond donors (Lipinski definition) is 1. The average Bonchev–Trinajstić information content (AvgIpc) is 3.11. The van der Waals surface area contributed by atoms with E-state index in [0.29, 0.717) is 4.67 Å². The van der Waals surface area contributed by atoms with Gasteiger partial charge >= 0.3 is 0 Å². The monoisotopic (exact) mass is 332 g/mol. The molecule has 5 nitrogen and oxygen atoms in total. The van der Waals surface area contributed by atoms with Crippen LogP contribution in [0.15, 0.2) is 57.7 Å². The van der Waals surface area contributed by atoms with Crippen LogP contribution in [0.1, 0.15) is 17.5 Å². The third-order valence-electron chi connectivity index (χ3n) is 3.04. The van der Waals surface area contributed by atoms with Crippen molar-refractivity contribution in [1.29, 1.82) is 0 Å². The van der Waals surface area contributed by atoms with Gasteiger partial charge in [0.15, 0.2) is 4.67 Å². The fraction of sp³-hybridized carbons (Fsp3) is 0.143. The molecule has 0 amide bonds. The molecule has 0 saturated carbocycles. The van der Waals surface area contributed by atoms with E-state index in [9.17, 15) is 0 Å². The Morgan fingerprint density at radius 2 is 2.00 bits per heavy atom. The summed E-state index contributed by atoms with van der Waals surface area (Å²) in [5.41, 5.74) is 1.88. The first kappa shape index (κ1) is 13.1. The summed E-state index contributed by atoms with van der Waals surface area (Å²) in [4.78, 5) is 0. The van der Waals surface area contributed by atoms with Gasteiger partial charge in [-0.1, -0.05) is 23.4 Å². The Bertz CT molecular complexity index is 692. The predicted molar refractivity (Wildman–Crippen MR) is 78.7 cm³/mol. The molecule has 0 aliphatic heterocycles. The SMILES string of the molecule is CNC(c1ccc(Br)o1)c1cnnn1-c1ccccc1. The van der Waals surface area contributed by atoms with Gasteiger partial charge in [0.25, 0.3) is 0 Å². The number of para-hydroxylation sites is 1. The van der Waals surface area contributed by atoms with Crippen LogP contribution in [0.25, 0.3) is 5.69 Å². The number of aromatic nitrogens is 3. The van der Waals surface area contributed by atoms with Crippen molar-refractivity contribution >= 4 is 15.9 Å². The van der Waals surface area contributed by atoms with Gasteiger partial charge in [-0.15, -0.1) is 5.10 Å². The molecule has 102 valence electrons. The van der Waals surface area contributed by atoms with E-state index >= 15 is 0 Å². The standard InChI is InChI=1S/C14H13BrN4O/c1-16-14(12-7-8-13(15)20-12)11-9-17-18-19(11)10-5-3-2-4-6-10/h2-9,14,16H,1H3. The van der Waals surface area contributed by atoms with Gasteiger partial charge in [-0.2, -0.15) is 0 Å². The highest BCUT2D eigenvalue weighted by atomic mass is 79.9. The van der Waals surface area contributed by atoms with Crippen LogP contribution in [0.4, 0.5) is 0 Å². The predicted octanol–water partition coefficient (Wildman–Crippen LogP) is 2.93. The van der Waals surface area contributed by atoms with Gasteiger partial charge in [0, 0.05) is 0 Å². The van der Waals surface area contributed by atoms with Crippen molar-refractivity contribution in [2.24, 2.45) is 0 Å². The van der Waals surface area contributed by atoms with Crippen molar-refractivity contribution in [3.8, 4) is 5.69 Å². The molecule has 0 aliphatic carbocycles. The second kappa shape index (κ2) is 5.60. The van der Waals surface area contributed by atoms with Crippen LogP contribution in [0.2, 0.25) is 0 Å². The van der Waals surface area contributed by atoms with Crippen molar-refractivity contribution in [3.63, 3.8) is 0 Å². The minimum absolute atomic E-state index is 0.114. The molecule has 0 bridgehead atoms. The van der Waals surface area contributed by atoms with E-state index in [0.717, 1.165) is 17.1 Å². The first-order chi connectivity index (χ1) is 9.79. The number of nitrogens with zero attached hydrogens (tertiary/aromatic N) is 3. The van der Waals surface area contributed by atoms with E-state index in [1.54, 1.807) is 10.9 Å². The Morgan fingerprint density at radius 3 is 2.65 bits per heavy atom. The molecule has 2 heterocycles. The summed E-state index contributed by atoms with van der Waals surface area (Å²) in [6.45, 7) is 0. The summed E-state index contributed by atoms with van der Waals surface area (Å²) in [5.74, 6) is 0.804. The van der Waals surface area contributed by atoms with Crippen molar-refractivity contribution in [2.75, 3.05) is 7.05 Å². The van der Waals surface area contributed by atoms with Crippen LogP contribution in [0.3, 0.4) is 0 Å². The second-order valence-electron chi connectivity index (χ2n) is 4.27. The largest absolute Gasteiger partial charge is 0.452 e. The zero-order valence-electron chi connectivity index (χ0n) is 10.8. The summed E-state index contributed by atoms with van der Waals surface area (Å²) in [6, 6.07) is 13.6. The molecule has 2 aromatic heterocycles. The second-order valence-corrected chi connectivity index (χ2v) is 5.05. The van der Waals surface area contributed by atoms with Crippen LogP contribution in [0.5, 0.6) is 0 Å². The van der Waals surface area contributed by atoms with Crippen LogP contribution >= 0.6 is 15.9 Å². The molecule has 1 atom stereocenters. The van der Waals surface area contributed by atoms with Crippen LogP contribution in [-0.2, 0) is 0 Å². The Labute approximate surface area is 124 Å². The Balaban J connectivity index is 2.04. The number of hydrogen-bond acceptors (Lipinski definition) is 4. The number of nitrogens with one attached hydrogen (secondary N) is 1. The third kappa shape index (κ3) is 2.39. The van der Waals surface area contributed by atoms with E-state index in [4.69, 9.17) is 4.42 Å². The van der Waals surface area contributed by atoms with Crippen LogP contribution < -0.4 is 5.32 Å². The van der Waals surface area contributed by atoms with Gasteiger partial charge in [-0.05, 0) is 47.2 Å². The third-order valence-corrected chi connectivity index (χ3v) is 3.47. The maximum atomic E-state index is 5.64. The fourth-order valence-electron chi connectivity index (χ4n) is 2.13. The van der Waals surface area contributed by atoms with E-state index in [-0.39, 0.29) is 6.04 Å². The lowest BCUT2D eigenvalue weighted by Gasteiger charge is -2.14. The summed E-state index contributed by atoms with van der Waals surface area (Å²) >= 11 is 3.32. The van der Waals surface area contributed by atoms with Crippen molar-refractivity contribution < 1.29 is 4.42 Å². The smallest absolute Gasteiger partial charge is 0.169 e. The molecule has 0 spiro atoms. The normalized spacial score (nSPS) is 12.5. The van der Waals surface area contributed by atoms with Crippen molar-refractivity contribution in [1.82, 2.24) is 20.3 Å². The lowest BCUT2D eigenvalue weighted by Crippen LogP contribution is -2.20. The summed E-state index contributed by atoms with van der Waals surface area (Å²) in [7, 11) is 1.88. The Kier molecular flexibility index (Phi) is 3.66. The minimum Gasteiger partial charge on any atom is -0.452 e. The molecular formula is C14H13BrN4O. The Morgan fingerprint density at radius 1 is 1.20 bits per heavy atom. The highest BCUT2D eigenvalue weighted by Gasteiger charge is 2.21. The van der Waals surface area contributed by atoms with Gasteiger partial charge < -0.3 is 9.73 Å². The van der Waals surface area contributed by atoms with E-state index in [1.165, 1.54) is 0 Å². The molecular weight excluding hydrogens is 320 g/mol. The topological polar surface area (TPSA) is 55.9 Å². The maximum absolute atomic E-state index is 5.64. The highest BCUT2D eigenvalue weighted by Crippen LogP contribution is 2.26. The van der Waals surface area contributed by atoms with Crippen LogP contribution in [-0.4, -0.2) is 22.0 Å². The van der Waals surface area contributed by atoms with E-state index in [2.05, 4.69) is 31.6 Å². The summed E-state index contributed by atoms with van der Waals surface area (Å²) in [6.07, 6.45) is 1.74. The molecule has 20 heavy (non-hydrogen) atoms. The van der Waals surface area contributed by atoms with Gasteiger partial charge in [0.05, 0.1) is 17.6 Å². The number of rotatable bonds is 4. The molecule has 1 unspecified atom stereocenters. The molecule has 0 aliphatic rings. The number of halogens is 1. The zero-order chi connectivity index (χ0) is 13.9. The molecule has 0 fully saturated rings. The van der Waals surface area contributed by atoms with E-state index < -0.39 is 0 Å². The fourth-order valence-corrected chi connectivity index (χ4v) is 2.45. The van der Waals surface area contributed by atoms with Gasteiger partial charge in [-0.25, -0.2) is 4.68 Å². The van der Waals surface area contributed by atoms with Gasteiger partial charge in [0.2, 0.25) is 0 Å². The summed E-state index contributed by atoms with van der Waals surface area (Å²) < 4.78 is 8.14. The first-order valence-corrected chi connectivity index (χ1v) is 6.97. The highest BCUT2D eigenvalue weighted by molar-refractivity contribution is 9.10. The summed E-state index contributed by atoms with van der Waals surface area (Å²) in [5, 5.41) is 11.4. The molecule has 3 aromatic rings. The number of furan rings is 1. The lowest BCUT2D eigenvalue weighted by atomic mass is 10.1. The molecule has 0 saturated heterocycles. The molecule has 1 aromatic carbocycles. The van der Waals surface area contributed by atoms with Crippen molar-refractivity contribution in [2.45, 2.75) is 6.04 Å². The zero-order valence-corrected chi connectivity index (χ0v) is 12.4. The molecule has 6 heteroatoms. The Hall–Kier alpha value is -1.92. The molecule has 0 radical (unpaired) electrons.